The largest absolute Gasteiger partial charge is 0.250 e. The number of benzene rings is 2. The standard InChI is InChI=1S/C20H22N4S/c1-14-5-7-15(8-6-14)13-21-24-18(22-23-19(24)25)16-9-11-17(12-10-16)20(2,3)4/h5-13H,1-4H3,(H,23,25)/b21-13+. The fourth-order valence-electron chi connectivity index (χ4n) is 2.48. The molecule has 0 radical (unpaired) electrons. The second kappa shape index (κ2) is 6.76. The van der Waals surface area contributed by atoms with Crippen LogP contribution < -0.4 is 0 Å². The van der Waals surface area contributed by atoms with E-state index in [0.29, 0.717) is 10.6 Å². The van der Waals surface area contributed by atoms with E-state index in [1.54, 1.807) is 10.9 Å². The summed E-state index contributed by atoms with van der Waals surface area (Å²) in [5, 5.41) is 11.7. The first-order chi connectivity index (χ1) is 11.8. The fraction of sp³-hybridized carbons (Fsp3) is 0.250. The number of nitrogens with one attached hydrogen (secondary N) is 1. The molecule has 0 amide bonds. The first-order valence-electron chi connectivity index (χ1n) is 8.24. The topological polar surface area (TPSA) is 46.0 Å². The van der Waals surface area contributed by atoms with Gasteiger partial charge in [-0.1, -0.05) is 74.9 Å². The molecule has 128 valence electrons. The molecule has 4 nitrogen and oxygen atoms in total. The van der Waals surface area contributed by atoms with Gasteiger partial charge in [0.1, 0.15) is 0 Å². The van der Waals surface area contributed by atoms with E-state index in [-0.39, 0.29) is 5.41 Å². The molecule has 2 aromatic carbocycles. The van der Waals surface area contributed by atoms with Crippen LogP contribution in [0, 0.1) is 11.7 Å². The zero-order valence-electron chi connectivity index (χ0n) is 14.9. The van der Waals surface area contributed by atoms with Crippen molar-refractivity contribution in [3.8, 4) is 11.4 Å². The molecule has 0 aliphatic rings. The van der Waals surface area contributed by atoms with Crippen LogP contribution in [-0.2, 0) is 5.41 Å². The molecule has 25 heavy (non-hydrogen) atoms. The van der Waals surface area contributed by atoms with E-state index in [0.717, 1.165) is 11.1 Å². The average molecular weight is 350 g/mol. The number of H-pyrrole nitrogens is 1. The summed E-state index contributed by atoms with van der Waals surface area (Å²) >= 11 is 5.33. The Morgan fingerprint density at radius 2 is 1.68 bits per heavy atom. The molecular formula is C20H22N4S. The highest BCUT2D eigenvalue weighted by molar-refractivity contribution is 7.71. The van der Waals surface area contributed by atoms with Crippen molar-refractivity contribution in [1.82, 2.24) is 14.9 Å². The quantitative estimate of drug-likeness (QED) is 0.528. The molecular weight excluding hydrogens is 328 g/mol. The van der Waals surface area contributed by atoms with Gasteiger partial charge < -0.3 is 0 Å². The minimum absolute atomic E-state index is 0.118. The zero-order valence-corrected chi connectivity index (χ0v) is 15.8. The summed E-state index contributed by atoms with van der Waals surface area (Å²) in [7, 11) is 0. The van der Waals surface area contributed by atoms with Gasteiger partial charge in [-0.3, -0.25) is 0 Å². The van der Waals surface area contributed by atoms with E-state index < -0.39 is 0 Å². The predicted molar refractivity (Wildman–Crippen MR) is 106 cm³/mol. The molecule has 3 rings (SSSR count). The van der Waals surface area contributed by atoms with Crippen molar-refractivity contribution in [2.45, 2.75) is 33.1 Å². The molecule has 0 spiro atoms. The van der Waals surface area contributed by atoms with E-state index in [2.05, 4.69) is 79.4 Å². The van der Waals surface area contributed by atoms with Gasteiger partial charge in [0.2, 0.25) is 4.77 Å². The van der Waals surface area contributed by atoms with Gasteiger partial charge in [0.15, 0.2) is 5.82 Å². The third kappa shape index (κ3) is 3.94. The van der Waals surface area contributed by atoms with E-state index in [4.69, 9.17) is 12.2 Å². The minimum Gasteiger partial charge on any atom is -0.250 e. The van der Waals surface area contributed by atoms with Gasteiger partial charge in [-0.25, -0.2) is 5.10 Å². The number of nitrogens with zero attached hydrogens (tertiary/aromatic N) is 3. The van der Waals surface area contributed by atoms with Crippen LogP contribution in [0.4, 0.5) is 0 Å². The van der Waals surface area contributed by atoms with Gasteiger partial charge in [-0.05, 0) is 35.7 Å². The highest BCUT2D eigenvalue weighted by atomic mass is 32.1. The number of rotatable bonds is 3. The monoisotopic (exact) mass is 350 g/mol. The molecule has 0 aliphatic carbocycles. The molecule has 0 atom stereocenters. The Morgan fingerprint density at radius 3 is 2.28 bits per heavy atom. The number of aromatic nitrogens is 3. The average Bonchev–Trinajstić information content (AvgIpc) is 2.94. The fourth-order valence-corrected chi connectivity index (χ4v) is 2.66. The summed E-state index contributed by atoms with van der Waals surface area (Å²) < 4.78 is 2.12. The minimum atomic E-state index is 0.118. The Kier molecular flexibility index (Phi) is 4.68. The van der Waals surface area contributed by atoms with Crippen LogP contribution in [0.2, 0.25) is 0 Å². The summed E-state index contributed by atoms with van der Waals surface area (Å²) in [5.74, 6) is 0.703. The molecule has 0 bridgehead atoms. The summed E-state index contributed by atoms with van der Waals surface area (Å²) in [5.41, 5.74) is 4.60. The third-order valence-electron chi connectivity index (χ3n) is 4.06. The lowest BCUT2D eigenvalue weighted by molar-refractivity contribution is 0.590. The number of aryl methyl sites for hydroxylation is 1. The summed E-state index contributed by atoms with van der Waals surface area (Å²) in [4.78, 5) is 0. The van der Waals surface area contributed by atoms with Crippen LogP contribution in [0.5, 0.6) is 0 Å². The highest BCUT2D eigenvalue weighted by Gasteiger charge is 2.14. The van der Waals surface area contributed by atoms with Crippen molar-refractivity contribution in [3.63, 3.8) is 0 Å². The van der Waals surface area contributed by atoms with Crippen LogP contribution in [-0.4, -0.2) is 21.1 Å². The molecule has 0 saturated heterocycles. The van der Waals surface area contributed by atoms with Gasteiger partial charge in [-0.15, -0.1) is 0 Å². The van der Waals surface area contributed by atoms with Gasteiger partial charge in [0, 0.05) is 5.56 Å². The van der Waals surface area contributed by atoms with Crippen molar-refractivity contribution >= 4 is 18.4 Å². The molecule has 3 aromatic rings. The highest BCUT2D eigenvalue weighted by Crippen LogP contribution is 2.25. The molecule has 0 saturated carbocycles. The van der Waals surface area contributed by atoms with E-state index >= 15 is 0 Å². The number of aromatic amines is 1. The van der Waals surface area contributed by atoms with Crippen molar-refractivity contribution in [3.05, 3.63) is 70.0 Å². The van der Waals surface area contributed by atoms with Crippen LogP contribution in [0.3, 0.4) is 0 Å². The Morgan fingerprint density at radius 1 is 1.04 bits per heavy atom. The maximum Gasteiger partial charge on any atom is 0.216 e. The van der Waals surface area contributed by atoms with Crippen LogP contribution in [0.15, 0.2) is 53.6 Å². The molecule has 0 aliphatic heterocycles. The van der Waals surface area contributed by atoms with Crippen molar-refractivity contribution in [2.24, 2.45) is 5.10 Å². The lowest BCUT2D eigenvalue weighted by Crippen LogP contribution is -2.10. The van der Waals surface area contributed by atoms with E-state index in [9.17, 15) is 0 Å². The molecule has 1 aromatic heterocycles. The Labute approximate surface area is 153 Å². The molecule has 5 heteroatoms. The van der Waals surface area contributed by atoms with Crippen molar-refractivity contribution < 1.29 is 0 Å². The summed E-state index contributed by atoms with van der Waals surface area (Å²) in [6.45, 7) is 8.66. The summed E-state index contributed by atoms with van der Waals surface area (Å²) in [6, 6.07) is 16.5. The molecule has 1 heterocycles. The van der Waals surface area contributed by atoms with Gasteiger partial charge in [-0.2, -0.15) is 14.9 Å². The van der Waals surface area contributed by atoms with Gasteiger partial charge in [0.05, 0.1) is 6.21 Å². The molecule has 0 unspecified atom stereocenters. The van der Waals surface area contributed by atoms with Crippen LogP contribution >= 0.6 is 12.2 Å². The van der Waals surface area contributed by atoms with Crippen molar-refractivity contribution in [2.75, 3.05) is 0 Å². The normalized spacial score (nSPS) is 12.0. The second-order valence-electron chi connectivity index (χ2n) is 7.15. The maximum absolute atomic E-state index is 5.33. The number of hydrogen-bond donors (Lipinski definition) is 1. The van der Waals surface area contributed by atoms with Crippen LogP contribution in [0.25, 0.3) is 11.4 Å². The van der Waals surface area contributed by atoms with Crippen LogP contribution in [0.1, 0.15) is 37.5 Å². The maximum atomic E-state index is 5.33. The Hall–Kier alpha value is -2.53. The number of hydrogen-bond acceptors (Lipinski definition) is 3. The second-order valence-corrected chi connectivity index (χ2v) is 7.53. The first kappa shape index (κ1) is 17.3. The van der Waals surface area contributed by atoms with E-state index in [1.165, 1.54) is 11.1 Å². The first-order valence-corrected chi connectivity index (χ1v) is 8.65. The smallest absolute Gasteiger partial charge is 0.216 e. The van der Waals surface area contributed by atoms with E-state index in [1.807, 2.05) is 12.1 Å². The molecule has 0 fully saturated rings. The lowest BCUT2D eigenvalue weighted by atomic mass is 9.87. The SMILES string of the molecule is Cc1ccc(/C=N/n2c(-c3ccc(C(C)(C)C)cc3)n[nH]c2=S)cc1. The third-order valence-corrected chi connectivity index (χ3v) is 4.32. The van der Waals surface area contributed by atoms with Gasteiger partial charge >= 0.3 is 0 Å². The Balaban J connectivity index is 1.94. The molecule has 1 N–H and O–H groups in total. The predicted octanol–water partition coefficient (Wildman–Crippen LogP) is 5.10. The zero-order chi connectivity index (χ0) is 18.0. The lowest BCUT2D eigenvalue weighted by Gasteiger charge is -2.18. The van der Waals surface area contributed by atoms with Gasteiger partial charge in [0.25, 0.3) is 0 Å². The summed E-state index contributed by atoms with van der Waals surface area (Å²) in [6.07, 6.45) is 1.79. The van der Waals surface area contributed by atoms with Crippen molar-refractivity contribution in [1.29, 1.82) is 0 Å². The Bertz CT molecular complexity index is 939.